The maximum atomic E-state index is 13.3. The maximum absolute atomic E-state index is 13.3. The third-order valence-corrected chi connectivity index (χ3v) is 7.64. The number of nitrogens with one attached hydrogen (secondary N) is 1. The quantitative estimate of drug-likeness (QED) is 0.533. The van der Waals surface area contributed by atoms with E-state index in [1.165, 1.54) is 16.4 Å². The van der Waals surface area contributed by atoms with Gasteiger partial charge in [0.05, 0.1) is 23.6 Å². The third kappa shape index (κ3) is 4.63. The molecule has 2 heterocycles. The number of benzene rings is 2. The molecule has 1 aliphatic heterocycles. The van der Waals surface area contributed by atoms with Crippen LogP contribution >= 0.6 is 11.6 Å². The number of halogens is 1. The van der Waals surface area contributed by atoms with Crippen molar-refractivity contribution >= 4 is 38.6 Å². The third-order valence-electron chi connectivity index (χ3n) is 5.49. The molecule has 1 amide bonds. The first-order chi connectivity index (χ1) is 15.4. The van der Waals surface area contributed by atoms with Gasteiger partial charge in [-0.15, -0.1) is 5.10 Å². The van der Waals surface area contributed by atoms with Crippen molar-refractivity contribution in [1.82, 2.24) is 24.6 Å². The molecular formula is C21H24ClN5O4S. The van der Waals surface area contributed by atoms with Crippen LogP contribution in [-0.4, -0.2) is 59.9 Å². The van der Waals surface area contributed by atoms with E-state index in [0.29, 0.717) is 49.6 Å². The Kier molecular flexibility index (Phi) is 6.75. The van der Waals surface area contributed by atoms with E-state index >= 15 is 0 Å². The van der Waals surface area contributed by atoms with Crippen molar-refractivity contribution in [2.24, 2.45) is 0 Å². The Labute approximate surface area is 191 Å². The molecule has 0 spiro atoms. The summed E-state index contributed by atoms with van der Waals surface area (Å²) in [4.78, 5) is 12.9. The number of rotatable bonds is 8. The van der Waals surface area contributed by atoms with Gasteiger partial charge in [-0.25, -0.2) is 13.1 Å². The lowest BCUT2D eigenvalue weighted by atomic mass is 10.2. The highest BCUT2D eigenvalue weighted by Crippen LogP contribution is 2.28. The van der Waals surface area contributed by atoms with E-state index in [1.54, 1.807) is 30.0 Å². The molecule has 3 aromatic rings. The van der Waals surface area contributed by atoms with Crippen LogP contribution in [0.4, 0.5) is 0 Å². The minimum absolute atomic E-state index is 0.0983. The highest BCUT2D eigenvalue weighted by Gasteiger charge is 2.39. The molecule has 9 nitrogen and oxygen atoms in total. The van der Waals surface area contributed by atoms with Crippen molar-refractivity contribution in [3.63, 3.8) is 0 Å². The Morgan fingerprint density at radius 3 is 2.78 bits per heavy atom. The number of sulfonamides is 1. The number of methoxy groups -OCH3 is 1. The van der Waals surface area contributed by atoms with Gasteiger partial charge in [-0.3, -0.25) is 4.79 Å². The molecule has 1 unspecified atom stereocenters. The van der Waals surface area contributed by atoms with E-state index in [2.05, 4.69) is 15.6 Å². The molecule has 0 saturated carbocycles. The van der Waals surface area contributed by atoms with Gasteiger partial charge in [-0.2, -0.15) is 4.31 Å². The lowest BCUT2D eigenvalue weighted by molar-refractivity contribution is -0.124. The second-order valence-corrected chi connectivity index (χ2v) is 9.90. The summed E-state index contributed by atoms with van der Waals surface area (Å²) in [5.74, 6) is -0.312. The largest absolute Gasteiger partial charge is 0.383 e. The number of hydrogen-bond acceptors (Lipinski definition) is 6. The Balaban J connectivity index is 1.50. The minimum atomic E-state index is -3.87. The van der Waals surface area contributed by atoms with E-state index in [-0.39, 0.29) is 10.8 Å². The van der Waals surface area contributed by atoms with Crippen LogP contribution in [0.2, 0.25) is 5.02 Å². The molecule has 1 aromatic heterocycles. The fourth-order valence-electron chi connectivity index (χ4n) is 3.79. The minimum Gasteiger partial charge on any atom is -0.383 e. The van der Waals surface area contributed by atoms with Gasteiger partial charge in [0.25, 0.3) is 0 Å². The second kappa shape index (κ2) is 9.53. The number of ether oxygens (including phenoxy) is 1. The van der Waals surface area contributed by atoms with Crippen LogP contribution in [0.15, 0.2) is 47.4 Å². The van der Waals surface area contributed by atoms with Crippen LogP contribution in [0.1, 0.15) is 18.4 Å². The molecule has 11 heteroatoms. The van der Waals surface area contributed by atoms with Gasteiger partial charge >= 0.3 is 0 Å². The van der Waals surface area contributed by atoms with Crippen molar-refractivity contribution in [2.45, 2.75) is 36.9 Å². The molecule has 1 aliphatic rings. The molecule has 32 heavy (non-hydrogen) atoms. The highest BCUT2D eigenvalue weighted by atomic mass is 35.5. The van der Waals surface area contributed by atoms with Gasteiger partial charge in [0.15, 0.2) is 0 Å². The summed E-state index contributed by atoms with van der Waals surface area (Å²) >= 11 is 5.89. The first-order valence-corrected chi connectivity index (χ1v) is 12.1. The van der Waals surface area contributed by atoms with Crippen molar-refractivity contribution in [3.8, 4) is 0 Å². The van der Waals surface area contributed by atoms with Gasteiger partial charge in [-0.05, 0) is 48.7 Å². The topological polar surface area (TPSA) is 106 Å². The summed E-state index contributed by atoms with van der Waals surface area (Å²) in [6.45, 7) is 1.58. The number of amides is 1. The van der Waals surface area contributed by atoms with Gasteiger partial charge < -0.3 is 10.1 Å². The molecule has 4 rings (SSSR count). The Morgan fingerprint density at radius 2 is 2.03 bits per heavy atom. The molecule has 1 N–H and O–H groups in total. The van der Waals surface area contributed by atoms with E-state index in [9.17, 15) is 13.2 Å². The zero-order valence-corrected chi connectivity index (χ0v) is 19.1. The monoisotopic (exact) mass is 477 g/mol. The first-order valence-electron chi connectivity index (χ1n) is 10.3. The molecule has 0 radical (unpaired) electrons. The predicted molar refractivity (Wildman–Crippen MR) is 120 cm³/mol. The Hall–Kier alpha value is -2.53. The fourth-order valence-corrected chi connectivity index (χ4v) is 5.59. The highest BCUT2D eigenvalue weighted by molar-refractivity contribution is 7.89. The standard InChI is InChI=1S/C21H24ClN5O4S/c1-31-12-11-26-19-9-8-17(13-18(19)24-25-26)32(29,30)27-10-2-3-20(27)21(28)23-14-15-4-6-16(22)7-5-15/h4-9,13,20H,2-3,10-12,14H2,1H3,(H,23,28). The van der Waals surface area contributed by atoms with Crippen LogP contribution in [0.5, 0.6) is 0 Å². The summed E-state index contributed by atoms with van der Waals surface area (Å²) in [6.07, 6.45) is 1.09. The summed E-state index contributed by atoms with van der Waals surface area (Å²) in [7, 11) is -2.27. The molecule has 2 aromatic carbocycles. The molecule has 0 aliphatic carbocycles. The van der Waals surface area contributed by atoms with Crippen LogP contribution in [0, 0.1) is 0 Å². The normalized spacial score (nSPS) is 17.1. The fraction of sp³-hybridized carbons (Fsp3) is 0.381. The van der Waals surface area contributed by atoms with E-state index in [4.69, 9.17) is 16.3 Å². The molecular weight excluding hydrogens is 454 g/mol. The van der Waals surface area contributed by atoms with Crippen molar-refractivity contribution < 1.29 is 17.9 Å². The zero-order valence-electron chi connectivity index (χ0n) is 17.6. The molecule has 1 saturated heterocycles. The van der Waals surface area contributed by atoms with Gasteiger partial charge in [0, 0.05) is 25.2 Å². The average Bonchev–Trinajstić information content (AvgIpc) is 3.44. The summed E-state index contributed by atoms with van der Waals surface area (Å²) in [5, 5.41) is 11.6. The van der Waals surface area contributed by atoms with Crippen LogP contribution in [0.25, 0.3) is 11.0 Å². The van der Waals surface area contributed by atoms with Crippen molar-refractivity contribution in [1.29, 1.82) is 0 Å². The van der Waals surface area contributed by atoms with Crippen LogP contribution in [-0.2, 0) is 32.6 Å². The van der Waals surface area contributed by atoms with Crippen LogP contribution < -0.4 is 5.32 Å². The van der Waals surface area contributed by atoms with Crippen molar-refractivity contribution in [3.05, 3.63) is 53.1 Å². The number of aromatic nitrogens is 3. The lowest BCUT2D eigenvalue weighted by Crippen LogP contribution is -2.45. The van der Waals surface area contributed by atoms with E-state index < -0.39 is 16.1 Å². The number of fused-ring (bicyclic) bond motifs is 1. The van der Waals surface area contributed by atoms with Gasteiger partial charge in [0.1, 0.15) is 11.6 Å². The predicted octanol–water partition coefficient (Wildman–Crippen LogP) is 2.20. The SMILES string of the molecule is COCCn1nnc2cc(S(=O)(=O)N3CCCC3C(=O)NCc3ccc(Cl)cc3)ccc21. The summed E-state index contributed by atoms with van der Waals surface area (Å²) < 4.78 is 34.7. The number of carbonyl (C=O) groups excluding carboxylic acids is 1. The second-order valence-electron chi connectivity index (χ2n) is 7.57. The zero-order chi connectivity index (χ0) is 22.7. The Bertz CT molecular complexity index is 1210. The number of carbonyl (C=O) groups is 1. The van der Waals surface area contributed by atoms with Crippen LogP contribution in [0.3, 0.4) is 0 Å². The molecule has 170 valence electrons. The average molecular weight is 478 g/mol. The Morgan fingerprint density at radius 1 is 1.25 bits per heavy atom. The van der Waals surface area contributed by atoms with Crippen molar-refractivity contribution in [2.75, 3.05) is 20.3 Å². The van der Waals surface area contributed by atoms with Gasteiger partial charge in [0.2, 0.25) is 15.9 Å². The summed E-state index contributed by atoms with van der Waals surface area (Å²) in [5.41, 5.74) is 2.09. The molecule has 0 bridgehead atoms. The lowest BCUT2D eigenvalue weighted by Gasteiger charge is -2.23. The van der Waals surface area contributed by atoms with E-state index in [1.807, 2.05) is 12.1 Å². The van der Waals surface area contributed by atoms with Gasteiger partial charge in [-0.1, -0.05) is 28.9 Å². The molecule has 1 fully saturated rings. The first kappa shape index (κ1) is 22.7. The molecule has 1 atom stereocenters. The van der Waals surface area contributed by atoms with E-state index in [0.717, 1.165) is 11.1 Å². The number of nitrogens with zero attached hydrogens (tertiary/aromatic N) is 4. The maximum Gasteiger partial charge on any atom is 0.243 e. The smallest absolute Gasteiger partial charge is 0.243 e. The summed E-state index contributed by atoms with van der Waals surface area (Å²) in [6, 6.07) is 11.1. The number of hydrogen-bond donors (Lipinski definition) is 1.